The fourth-order valence-electron chi connectivity index (χ4n) is 2.22. The molecule has 1 aromatic rings. The van der Waals surface area contributed by atoms with Crippen molar-refractivity contribution >= 4 is 6.08 Å². The number of hydrogen-bond acceptors (Lipinski definition) is 2. The summed E-state index contributed by atoms with van der Waals surface area (Å²) < 4.78 is 0. The van der Waals surface area contributed by atoms with Crippen molar-refractivity contribution < 1.29 is 0 Å². The van der Waals surface area contributed by atoms with Crippen LogP contribution in [0.2, 0.25) is 0 Å². The van der Waals surface area contributed by atoms with Crippen LogP contribution < -0.4 is 10.6 Å². The Morgan fingerprint density at radius 2 is 1.95 bits per heavy atom. The lowest BCUT2D eigenvalue weighted by Crippen LogP contribution is -2.20. The van der Waals surface area contributed by atoms with E-state index in [1.807, 2.05) is 13.2 Å². The first-order valence-electron chi connectivity index (χ1n) is 6.98. The molecule has 2 N–H and O–H groups in total. The van der Waals surface area contributed by atoms with Crippen molar-refractivity contribution in [2.45, 2.75) is 38.6 Å². The molecule has 0 aliphatic heterocycles. The van der Waals surface area contributed by atoms with E-state index in [9.17, 15) is 0 Å². The van der Waals surface area contributed by atoms with E-state index in [4.69, 9.17) is 0 Å². The summed E-state index contributed by atoms with van der Waals surface area (Å²) in [5, 5.41) is 6.29. The minimum atomic E-state index is 0.486. The molecule has 0 aliphatic rings. The summed E-state index contributed by atoms with van der Waals surface area (Å²) in [6.07, 6.45) is 8.22. The second-order valence-corrected chi connectivity index (χ2v) is 5.00. The van der Waals surface area contributed by atoms with Gasteiger partial charge in [-0.15, -0.1) is 0 Å². The van der Waals surface area contributed by atoms with Gasteiger partial charge in [-0.05, 0) is 55.3 Å². The first kappa shape index (κ1) is 15.4. The zero-order chi connectivity index (χ0) is 14.1. The minimum absolute atomic E-state index is 0.486. The monoisotopic (exact) mass is 258 g/mol. The SMILES string of the molecule is C=CNC(C)CCC(C)c1ccccc1/C=C/NC. The van der Waals surface area contributed by atoms with E-state index in [-0.39, 0.29) is 0 Å². The fourth-order valence-corrected chi connectivity index (χ4v) is 2.22. The highest BCUT2D eigenvalue weighted by atomic mass is 14.9. The van der Waals surface area contributed by atoms with E-state index < -0.39 is 0 Å². The van der Waals surface area contributed by atoms with Gasteiger partial charge in [0.25, 0.3) is 0 Å². The summed E-state index contributed by atoms with van der Waals surface area (Å²) in [6.45, 7) is 8.20. The van der Waals surface area contributed by atoms with Crippen LogP contribution in [0.5, 0.6) is 0 Å². The summed E-state index contributed by atoms with van der Waals surface area (Å²) in [6, 6.07) is 9.10. The van der Waals surface area contributed by atoms with Gasteiger partial charge in [-0.1, -0.05) is 37.8 Å². The predicted octanol–water partition coefficient (Wildman–Crippen LogP) is 3.88. The van der Waals surface area contributed by atoms with E-state index in [0.717, 1.165) is 6.42 Å². The van der Waals surface area contributed by atoms with Crippen molar-refractivity contribution in [2.75, 3.05) is 7.05 Å². The van der Waals surface area contributed by atoms with Crippen LogP contribution >= 0.6 is 0 Å². The molecule has 0 aromatic heterocycles. The molecule has 19 heavy (non-hydrogen) atoms. The normalized spacial score (nSPS) is 14.1. The van der Waals surface area contributed by atoms with E-state index in [2.05, 4.69) is 61.4 Å². The van der Waals surface area contributed by atoms with Gasteiger partial charge >= 0.3 is 0 Å². The maximum atomic E-state index is 3.71. The second-order valence-electron chi connectivity index (χ2n) is 5.00. The summed E-state index contributed by atoms with van der Waals surface area (Å²) in [7, 11) is 1.92. The van der Waals surface area contributed by atoms with Gasteiger partial charge in [-0.2, -0.15) is 0 Å². The zero-order valence-electron chi connectivity index (χ0n) is 12.3. The molecule has 0 aliphatic carbocycles. The zero-order valence-corrected chi connectivity index (χ0v) is 12.3. The van der Waals surface area contributed by atoms with Crippen LogP contribution in [0, 0.1) is 0 Å². The van der Waals surface area contributed by atoms with Crippen LogP contribution in [-0.2, 0) is 0 Å². The van der Waals surface area contributed by atoms with Crippen molar-refractivity contribution in [3.05, 3.63) is 54.4 Å². The third-order valence-corrected chi connectivity index (χ3v) is 3.39. The van der Waals surface area contributed by atoms with E-state index in [1.54, 1.807) is 6.20 Å². The molecule has 2 atom stereocenters. The Labute approximate surface area is 117 Å². The van der Waals surface area contributed by atoms with Gasteiger partial charge in [0, 0.05) is 13.1 Å². The van der Waals surface area contributed by atoms with Crippen LogP contribution in [0.1, 0.15) is 43.7 Å². The van der Waals surface area contributed by atoms with Crippen LogP contribution in [0.4, 0.5) is 0 Å². The van der Waals surface area contributed by atoms with E-state index >= 15 is 0 Å². The molecule has 0 radical (unpaired) electrons. The molecule has 0 fully saturated rings. The highest BCUT2D eigenvalue weighted by molar-refractivity contribution is 5.54. The van der Waals surface area contributed by atoms with E-state index in [1.165, 1.54) is 17.5 Å². The van der Waals surface area contributed by atoms with Crippen LogP contribution in [0.3, 0.4) is 0 Å². The molecule has 0 spiro atoms. The summed E-state index contributed by atoms with van der Waals surface area (Å²) in [5.74, 6) is 0.562. The van der Waals surface area contributed by atoms with Crippen molar-refractivity contribution in [2.24, 2.45) is 0 Å². The maximum Gasteiger partial charge on any atom is 0.0227 e. The van der Waals surface area contributed by atoms with Gasteiger partial charge in [-0.3, -0.25) is 0 Å². The number of nitrogens with one attached hydrogen (secondary N) is 2. The Balaban J connectivity index is 2.67. The van der Waals surface area contributed by atoms with E-state index in [0.29, 0.717) is 12.0 Å². The molecule has 2 heteroatoms. The lowest BCUT2D eigenvalue weighted by Gasteiger charge is -2.18. The molecular weight excluding hydrogens is 232 g/mol. The van der Waals surface area contributed by atoms with Gasteiger partial charge < -0.3 is 10.6 Å². The minimum Gasteiger partial charge on any atom is -0.394 e. The molecule has 2 nitrogen and oxygen atoms in total. The third-order valence-electron chi connectivity index (χ3n) is 3.39. The van der Waals surface area contributed by atoms with Crippen molar-refractivity contribution in [3.8, 4) is 0 Å². The Morgan fingerprint density at radius 1 is 1.21 bits per heavy atom. The standard InChI is InChI=1S/C17H26N2/c1-5-19-15(3)11-10-14(2)17-9-7-6-8-16(17)12-13-18-4/h5-9,12-15,18-19H,1,10-11H2,2-4H3/b13-12+. The summed E-state index contributed by atoms with van der Waals surface area (Å²) >= 11 is 0. The Morgan fingerprint density at radius 3 is 2.63 bits per heavy atom. The largest absolute Gasteiger partial charge is 0.394 e. The highest BCUT2D eigenvalue weighted by Gasteiger charge is 2.10. The average Bonchev–Trinajstić information content (AvgIpc) is 2.43. The first-order chi connectivity index (χ1) is 9.19. The third kappa shape index (κ3) is 5.21. The number of benzene rings is 1. The van der Waals surface area contributed by atoms with Gasteiger partial charge in [-0.25, -0.2) is 0 Å². The van der Waals surface area contributed by atoms with Gasteiger partial charge in [0.2, 0.25) is 0 Å². The fraction of sp³-hybridized carbons (Fsp3) is 0.412. The molecule has 104 valence electrons. The van der Waals surface area contributed by atoms with Gasteiger partial charge in [0.15, 0.2) is 0 Å². The predicted molar refractivity (Wildman–Crippen MR) is 85.0 cm³/mol. The van der Waals surface area contributed by atoms with Crippen molar-refractivity contribution in [3.63, 3.8) is 0 Å². The van der Waals surface area contributed by atoms with Crippen molar-refractivity contribution in [1.29, 1.82) is 0 Å². The lowest BCUT2D eigenvalue weighted by molar-refractivity contribution is 0.525. The Kier molecular flexibility index (Phi) is 6.80. The van der Waals surface area contributed by atoms with Crippen molar-refractivity contribution in [1.82, 2.24) is 10.6 Å². The number of hydrogen-bond donors (Lipinski definition) is 2. The smallest absolute Gasteiger partial charge is 0.0227 e. The molecule has 0 bridgehead atoms. The van der Waals surface area contributed by atoms with Crippen LogP contribution in [0.15, 0.2) is 43.2 Å². The molecular formula is C17H26N2. The van der Waals surface area contributed by atoms with Gasteiger partial charge in [0.1, 0.15) is 0 Å². The Hall–Kier alpha value is -1.70. The van der Waals surface area contributed by atoms with Crippen LogP contribution in [-0.4, -0.2) is 13.1 Å². The number of rotatable bonds is 8. The summed E-state index contributed by atoms with van der Waals surface area (Å²) in [4.78, 5) is 0. The molecule has 1 rings (SSSR count). The van der Waals surface area contributed by atoms with Crippen LogP contribution in [0.25, 0.3) is 6.08 Å². The topological polar surface area (TPSA) is 24.1 Å². The maximum absolute atomic E-state index is 3.71. The quantitative estimate of drug-likeness (QED) is 0.739. The molecule has 0 heterocycles. The molecule has 0 amide bonds. The summed E-state index contributed by atoms with van der Waals surface area (Å²) in [5.41, 5.74) is 2.72. The highest BCUT2D eigenvalue weighted by Crippen LogP contribution is 2.25. The molecule has 2 unspecified atom stereocenters. The van der Waals surface area contributed by atoms with Gasteiger partial charge in [0.05, 0.1) is 0 Å². The Bertz CT molecular complexity index is 409. The average molecular weight is 258 g/mol. The molecule has 0 saturated carbocycles. The first-order valence-corrected chi connectivity index (χ1v) is 6.98. The molecule has 0 saturated heterocycles. The second kappa shape index (κ2) is 8.41. The molecule has 1 aromatic carbocycles. The lowest BCUT2D eigenvalue weighted by atomic mass is 9.91.